The van der Waals surface area contributed by atoms with Crippen LogP contribution in [0.15, 0.2) is 42.5 Å². The number of aromatic amines is 1. The predicted molar refractivity (Wildman–Crippen MR) is 113 cm³/mol. The highest BCUT2D eigenvalue weighted by Crippen LogP contribution is 2.24. The Morgan fingerprint density at radius 1 is 1.10 bits per heavy atom. The zero-order chi connectivity index (χ0) is 20.8. The lowest BCUT2D eigenvalue weighted by Crippen LogP contribution is -2.27. The first-order valence-electron chi connectivity index (χ1n) is 9.15. The van der Waals surface area contributed by atoms with Gasteiger partial charge in [-0.25, -0.2) is 0 Å². The summed E-state index contributed by atoms with van der Waals surface area (Å²) in [5.74, 6) is 0.123. The number of aromatic nitrogens is 1. The summed E-state index contributed by atoms with van der Waals surface area (Å²) in [5.41, 5.74) is 2.03. The molecule has 29 heavy (non-hydrogen) atoms. The molecule has 0 atom stereocenters. The van der Waals surface area contributed by atoms with Gasteiger partial charge in [-0.3, -0.25) is 9.59 Å². The average Bonchev–Trinajstić information content (AvgIpc) is 3.12. The van der Waals surface area contributed by atoms with Gasteiger partial charge in [0.1, 0.15) is 11.4 Å². The standard InChI is InChI=1S/C21H22ClN3O4/c1-3-29-15-6-4-13-10-19(25-18(13)12-15)21(27)24-14-5-7-16(17(22)11-14)20(26)23-8-9-28-2/h4-7,10-12,25H,3,8-9H2,1-2H3,(H,23,26)(H,24,27). The highest BCUT2D eigenvalue weighted by atomic mass is 35.5. The summed E-state index contributed by atoms with van der Waals surface area (Å²) < 4.78 is 10.4. The molecule has 0 aliphatic rings. The maximum absolute atomic E-state index is 12.6. The summed E-state index contributed by atoms with van der Waals surface area (Å²) in [6, 6.07) is 12.1. The maximum atomic E-state index is 12.6. The molecule has 0 saturated heterocycles. The van der Waals surface area contributed by atoms with Crippen molar-refractivity contribution in [2.75, 3.05) is 32.2 Å². The minimum absolute atomic E-state index is 0.246. The largest absolute Gasteiger partial charge is 0.494 e. The lowest BCUT2D eigenvalue weighted by molar-refractivity contribution is 0.0936. The van der Waals surface area contributed by atoms with Gasteiger partial charge in [-0.15, -0.1) is 0 Å². The van der Waals surface area contributed by atoms with Crippen molar-refractivity contribution in [2.24, 2.45) is 0 Å². The van der Waals surface area contributed by atoms with Crippen LogP contribution in [0.1, 0.15) is 27.8 Å². The Kier molecular flexibility index (Phi) is 6.74. The van der Waals surface area contributed by atoms with Gasteiger partial charge in [-0.2, -0.15) is 0 Å². The molecule has 0 aliphatic heterocycles. The van der Waals surface area contributed by atoms with Crippen molar-refractivity contribution in [3.8, 4) is 5.75 Å². The molecule has 0 bridgehead atoms. The maximum Gasteiger partial charge on any atom is 0.272 e. The van der Waals surface area contributed by atoms with Gasteiger partial charge in [-0.1, -0.05) is 11.6 Å². The molecule has 0 radical (unpaired) electrons. The summed E-state index contributed by atoms with van der Waals surface area (Å²) in [6.07, 6.45) is 0. The molecular weight excluding hydrogens is 394 g/mol. The monoisotopic (exact) mass is 415 g/mol. The van der Waals surface area contributed by atoms with E-state index in [0.717, 1.165) is 16.7 Å². The number of carbonyl (C=O) groups is 2. The molecule has 1 heterocycles. The number of hydrogen-bond acceptors (Lipinski definition) is 4. The summed E-state index contributed by atoms with van der Waals surface area (Å²) in [5, 5.41) is 6.63. The van der Waals surface area contributed by atoms with E-state index in [1.165, 1.54) is 0 Å². The average molecular weight is 416 g/mol. The number of rotatable bonds is 8. The molecule has 2 aromatic carbocycles. The first-order chi connectivity index (χ1) is 14.0. The van der Waals surface area contributed by atoms with Gasteiger partial charge in [0.25, 0.3) is 11.8 Å². The minimum Gasteiger partial charge on any atom is -0.494 e. The lowest BCUT2D eigenvalue weighted by atomic mass is 10.2. The van der Waals surface area contributed by atoms with E-state index in [-0.39, 0.29) is 16.8 Å². The third kappa shape index (κ3) is 5.07. The quantitative estimate of drug-likeness (QED) is 0.487. The fourth-order valence-corrected chi connectivity index (χ4v) is 3.09. The van der Waals surface area contributed by atoms with E-state index in [4.69, 9.17) is 21.1 Å². The lowest BCUT2D eigenvalue weighted by Gasteiger charge is -2.09. The predicted octanol–water partition coefficient (Wildman–Crippen LogP) is 3.85. The minimum atomic E-state index is -0.312. The van der Waals surface area contributed by atoms with E-state index in [0.29, 0.717) is 36.7 Å². The number of hydrogen-bond donors (Lipinski definition) is 3. The number of carbonyl (C=O) groups excluding carboxylic acids is 2. The number of ether oxygens (including phenoxy) is 2. The first-order valence-corrected chi connectivity index (χ1v) is 9.53. The number of anilines is 1. The molecule has 0 fully saturated rings. The Morgan fingerprint density at radius 2 is 1.93 bits per heavy atom. The number of H-pyrrole nitrogens is 1. The summed E-state index contributed by atoms with van der Waals surface area (Å²) in [6.45, 7) is 3.28. The van der Waals surface area contributed by atoms with E-state index in [2.05, 4.69) is 15.6 Å². The number of halogens is 1. The molecule has 1 aromatic heterocycles. The van der Waals surface area contributed by atoms with Crippen molar-refractivity contribution in [3.05, 3.63) is 58.7 Å². The van der Waals surface area contributed by atoms with E-state index in [9.17, 15) is 9.59 Å². The highest BCUT2D eigenvalue weighted by Gasteiger charge is 2.14. The van der Waals surface area contributed by atoms with Gasteiger partial charge >= 0.3 is 0 Å². The molecule has 3 N–H and O–H groups in total. The van der Waals surface area contributed by atoms with Gasteiger partial charge < -0.3 is 25.1 Å². The second kappa shape index (κ2) is 9.45. The van der Waals surface area contributed by atoms with Crippen molar-refractivity contribution in [2.45, 2.75) is 6.92 Å². The first kappa shape index (κ1) is 20.7. The summed E-state index contributed by atoms with van der Waals surface area (Å²) >= 11 is 6.21. The fourth-order valence-electron chi connectivity index (χ4n) is 2.82. The summed E-state index contributed by atoms with van der Waals surface area (Å²) in [4.78, 5) is 27.8. The molecule has 3 rings (SSSR count). The van der Waals surface area contributed by atoms with Gasteiger partial charge in [-0.05, 0) is 43.3 Å². The second-order valence-corrected chi connectivity index (χ2v) is 6.67. The van der Waals surface area contributed by atoms with Crippen LogP contribution in [0.2, 0.25) is 5.02 Å². The normalized spacial score (nSPS) is 10.7. The molecule has 0 saturated carbocycles. The van der Waals surface area contributed by atoms with Crippen LogP contribution in [-0.4, -0.2) is 43.7 Å². The van der Waals surface area contributed by atoms with Crippen molar-refractivity contribution in [1.82, 2.24) is 10.3 Å². The fraction of sp³-hybridized carbons (Fsp3) is 0.238. The Labute approximate surface area is 173 Å². The Morgan fingerprint density at radius 3 is 2.66 bits per heavy atom. The van der Waals surface area contributed by atoms with Gasteiger partial charge in [0, 0.05) is 36.3 Å². The molecular formula is C21H22ClN3O4. The van der Waals surface area contributed by atoms with Crippen LogP contribution in [0.25, 0.3) is 10.9 Å². The molecule has 0 spiro atoms. The van der Waals surface area contributed by atoms with Crippen LogP contribution in [0.4, 0.5) is 5.69 Å². The zero-order valence-corrected chi connectivity index (χ0v) is 16.9. The zero-order valence-electron chi connectivity index (χ0n) is 16.2. The Hall–Kier alpha value is -3.03. The van der Waals surface area contributed by atoms with E-state index in [1.54, 1.807) is 31.4 Å². The third-order valence-corrected chi connectivity index (χ3v) is 4.53. The smallest absolute Gasteiger partial charge is 0.272 e. The molecule has 0 unspecified atom stereocenters. The number of nitrogens with one attached hydrogen (secondary N) is 3. The van der Waals surface area contributed by atoms with Crippen molar-refractivity contribution >= 4 is 40.0 Å². The van der Waals surface area contributed by atoms with Crippen molar-refractivity contribution < 1.29 is 19.1 Å². The van der Waals surface area contributed by atoms with Crippen LogP contribution in [0.5, 0.6) is 5.75 Å². The topological polar surface area (TPSA) is 92.4 Å². The molecule has 152 valence electrons. The van der Waals surface area contributed by atoms with Crippen LogP contribution >= 0.6 is 11.6 Å². The number of fused-ring (bicyclic) bond motifs is 1. The molecule has 3 aromatic rings. The van der Waals surface area contributed by atoms with E-state index < -0.39 is 0 Å². The number of benzene rings is 2. The van der Waals surface area contributed by atoms with Crippen molar-refractivity contribution in [3.63, 3.8) is 0 Å². The van der Waals surface area contributed by atoms with Crippen LogP contribution in [-0.2, 0) is 4.74 Å². The summed E-state index contributed by atoms with van der Waals surface area (Å²) in [7, 11) is 1.56. The van der Waals surface area contributed by atoms with Gasteiger partial charge in [0.2, 0.25) is 0 Å². The van der Waals surface area contributed by atoms with Crippen LogP contribution < -0.4 is 15.4 Å². The van der Waals surface area contributed by atoms with E-state index in [1.807, 2.05) is 25.1 Å². The van der Waals surface area contributed by atoms with Crippen LogP contribution in [0.3, 0.4) is 0 Å². The van der Waals surface area contributed by atoms with E-state index >= 15 is 0 Å². The van der Waals surface area contributed by atoms with Gasteiger partial charge in [0.15, 0.2) is 0 Å². The van der Waals surface area contributed by atoms with Crippen molar-refractivity contribution in [1.29, 1.82) is 0 Å². The number of methoxy groups -OCH3 is 1. The SMILES string of the molecule is CCOc1ccc2cc(C(=O)Nc3ccc(C(=O)NCCOC)c(Cl)c3)[nH]c2c1. The molecule has 2 amide bonds. The third-order valence-electron chi connectivity index (χ3n) is 4.21. The Balaban J connectivity index is 1.71. The molecule has 0 aliphatic carbocycles. The van der Waals surface area contributed by atoms with Gasteiger partial charge in [0.05, 0.1) is 23.8 Å². The molecule has 7 nitrogen and oxygen atoms in total. The number of amides is 2. The van der Waals surface area contributed by atoms with Crippen LogP contribution in [0, 0.1) is 0 Å². The molecule has 8 heteroatoms. The second-order valence-electron chi connectivity index (χ2n) is 6.26. The highest BCUT2D eigenvalue weighted by molar-refractivity contribution is 6.34. The Bertz CT molecular complexity index is 1030.